The highest BCUT2D eigenvalue weighted by atomic mass is 16.2. The SMILES string of the molecule is CCc1cc(-c2cccc3cc(-c4ccc(C(=O)NCCC#Cc5cccc6c5CN(C5CCC(=O)NC5=O)C6=O)nc4)ncc23)cc2c(C(=O)NC)c[nH]c12. The zero-order valence-electron chi connectivity index (χ0n) is 30.8. The number of amides is 5. The molecule has 8 rings (SSSR count). The molecule has 6 aromatic rings. The number of aromatic amines is 1. The lowest BCUT2D eigenvalue weighted by Gasteiger charge is -2.29. The molecule has 2 aliphatic rings. The third kappa shape index (κ3) is 6.64. The van der Waals surface area contributed by atoms with Crippen LogP contribution in [0.2, 0.25) is 0 Å². The number of nitrogens with one attached hydrogen (secondary N) is 4. The largest absolute Gasteiger partial charge is 0.360 e. The highest BCUT2D eigenvalue weighted by Gasteiger charge is 2.39. The van der Waals surface area contributed by atoms with Gasteiger partial charge in [-0.1, -0.05) is 43.0 Å². The van der Waals surface area contributed by atoms with Crippen LogP contribution in [0, 0.1) is 11.8 Å². The van der Waals surface area contributed by atoms with Crippen molar-refractivity contribution in [2.75, 3.05) is 13.6 Å². The molecule has 5 heterocycles. The molecule has 1 fully saturated rings. The minimum absolute atomic E-state index is 0.142. The standard InChI is InChI=1S/C44H37N7O5/c1-3-25-18-29(19-32-34(41(53)45-2)23-49-40(25)32)30-11-7-10-27-20-37(48-22-33(27)30)28-13-14-36(47-21-28)42(54)46-17-5-4-8-26-9-6-12-31-35(26)24-51(44(31)56)38-15-16-39(52)50-43(38)55/h6-7,9-14,18-23,38,49H,3,5,15-17,24H2,1-2H3,(H,45,53)(H,46,54)(H,50,52,55). The van der Waals surface area contributed by atoms with E-state index in [1.807, 2.05) is 36.5 Å². The molecule has 3 aromatic heterocycles. The number of carbonyl (C=O) groups excluding carboxylic acids is 5. The van der Waals surface area contributed by atoms with Gasteiger partial charge < -0.3 is 20.5 Å². The summed E-state index contributed by atoms with van der Waals surface area (Å²) in [6.45, 7) is 2.64. The molecule has 0 bridgehead atoms. The van der Waals surface area contributed by atoms with E-state index in [2.05, 4.69) is 62.9 Å². The molecular weight excluding hydrogens is 707 g/mol. The monoisotopic (exact) mass is 743 g/mol. The van der Waals surface area contributed by atoms with Crippen LogP contribution in [-0.2, 0) is 22.6 Å². The summed E-state index contributed by atoms with van der Waals surface area (Å²) in [6, 6.07) is 20.4. The topological polar surface area (TPSA) is 166 Å². The Bertz CT molecular complexity index is 2670. The number of pyridine rings is 2. The summed E-state index contributed by atoms with van der Waals surface area (Å²) >= 11 is 0. The van der Waals surface area contributed by atoms with E-state index >= 15 is 0 Å². The molecule has 12 heteroatoms. The van der Waals surface area contributed by atoms with Gasteiger partial charge in [-0.2, -0.15) is 0 Å². The van der Waals surface area contributed by atoms with E-state index < -0.39 is 11.9 Å². The number of H-pyrrole nitrogens is 1. The lowest BCUT2D eigenvalue weighted by atomic mass is 9.94. The number of rotatable bonds is 8. The van der Waals surface area contributed by atoms with E-state index in [9.17, 15) is 24.0 Å². The summed E-state index contributed by atoms with van der Waals surface area (Å²) in [5.74, 6) is 4.69. The Morgan fingerprint density at radius 3 is 2.55 bits per heavy atom. The number of aromatic nitrogens is 3. The molecule has 1 saturated heterocycles. The van der Waals surface area contributed by atoms with E-state index in [1.165, 1.54) is 4.90 Å². The maximum atomic E-state index is 13.1. The molecule has 5 amide bonds. The molecule has 3 aromatic carbocycles. The molecular formula is C44H37N7O5. The minimum Gasteiger partial charge on any atom is -0.360 e. The molecule has 0 aliphatic carbocycles. The molecule has 0 radical (unpaired) electrons. The number of imide groups is 1. The number of hydrogen-bond donors (Lipinski definition) is 4. The van der Waals surface area contributed by atoms with Crippen LogP contribution >= 0.6 is 0 Å². The normalized spacial score (nSPS) is 15.0. The number of hydrogen-bond acceptors (Lipinski definition) is 7. The summed E-state index contributed by atoms with van der Waals surface area (Å²) in [5, 5.41) is 10.7. The van der Waals surface area contributed by atoms with Gasteiger partial charge in [-0.05, 0) is 82.9 Å². The first kappa shape index (κ1) is 35.9. The van der Waals surface area contributed by atoms with Gasteiger partial charge in [0, 0.05) is 84.5 Å². The Balaban J connectivity index is 0.920. The summed E-state index contributed by atoms with van der Waals surface area (Å²) in [5.41, 5.74) is 8.38. The maximum absolute atomic E-state index is 13.1. The van der Waals surface area contributed by atoms with Gasteiger partial charge in [-0.3, -0.25) is 39.3 Å². The van der Waals surface area contributed by atoms with E-state index in [-0.39, 0.29) is 42.3 Å². The zero-order valence-corrected chi connectivity index (χ0v) is 30.8. The van der Waals surface area contributed by atoms with Crippen molar-refractivity contribution in [3.05, 3.63) is 119 Å². The van der Waals surface area contributed by atoms with Gasteiger partial charge in [0.1, 0.15) is 11.7 Å². The van der Waals surface area contributed by atoms with Gasteiger partial charge >= 0.3 is 0 Å². The molecule has 2 aliphatic heterocycles. The number of carbonyl (C=O) groups is 5. The van der Waals surface area contributed by atoms with Crippen LogP contribution in [0.3, 0.4) is 0 Å². The Labute approximate surface area is 322 Å². The third-order valence-corrected chi connectivity index (χ3v) is 10.4. The second-order valence-electron chi connectivity index (χ2n) is 13.8. The highest BCUT2D eigenvalue weighted by molar-refractivity contribution is 6.09. The van der Waals surface area contributed by atoms with Gasteiger partial charge in [-0.25, -0.2) is 0 Å². The molecule has 4 N–H and O–H groups in total. The zero-order chi connectivity index (χ0) is 38.9. The van der Waals surface area contributed by atoms with E-state index in [0.717, 1.165) is 61.6 Å². The Morgan fingerprint density at radius 2 is 1.77 bits per heavy atom. The molecule has 1 atom stereocenters. The number of benzene rings is 3. The highest BCUT2D eigenvalue weighted by Crippen LogP contribution is 2.35. The van der Waals surface area contributed by atoms with Crippen molar-refractivity contribution in [1.82, 2.24) is 35.8 Å². The number of nitrogens with zero attached hydrogens (tertiary/aromatic N) is 3. The van der Waals surface area contributed by atoms with Crippen molar-refractivity contribution in [2.45, 2.75) is 45.2 Å². The van der Waals surface area contributed by atoms with Gasteiger partial charge in [-0.15, -0.1) is 0 Å². The van der Waals surface area contributed by atoms with Crippen LogP contribution in [0.25, 0.3) is 44.1 Å². The number of aryl methyl sites for hydroxylation is 1. The summed E-state index contributed by atoms with van der Waals surface area (Å²) in [6.07, 6.45) is 6.90. The quantitative estimate of drug-likeness (QED) is 0.0933. The van der Waals surface area contributed by atoms with Crippen LogP contribution in [0.1, 0.15) is 74.1 Å². The van der Waals surface area contributed by atoms with Crippen molar-refractivity contribution in [3.63, 3.8) is 0 Å². The van der Waals surface area contributed by atoms with Crippen LogP contribution in [-0.4, -0.2) is 69.0 Å². The predicted octanol–water partition coefficient (Wildman–Crippen LogP) is 5.30. The van der Waals surface area contributed by atoms with Crippen molar-refractivity contribution in [2.24, 2.45) is 0 Å². The van der Waals surface area contributed by atoms with Gasteiger partial charge in [0.15, 0.2) is 0 Å². The van der Waals surface area contributed by atoms with E-state index in [4.69, 9.17) is 4.98 Å². The Morgan fingerprint density at radius 1 is 0.929 bits per heavy atom. The average molecular weight is 744 g/mol. The van der Waals surface area contributed by atoms with E-state index in [1.54, 1.807) is 37.6 Å². The third-order valence-electron chi connectivity index (χ3n) is 10.4. The minimum atomic E-state index is -0.692. The molecule has 278 valence electrons. The fourth-order valence-corrected chi connectivity index (χ4v) is 7.51. The lowest BCUT2D eigenvalue weighted by molar-refractivity contribution is -0.136. The average Bonchev–Trinajstić information content (AvgIpc) is 3.81. The first-order chi connectivity index (χ1) is 27.2. The summed E-state index contributed by atoms with van der Waals surface area (Å²) in [4.78, 5) is 76.6. The van der Waals surface area contributed by atoms with Gasteiger partial charge in [0.05, 0.1) is 11.3 Å². The number of piperidine rings is 1. The predicted molar refractivity (Wildman–Crippen MR) is 211 cm³/mol. The van der Waals surface area contributed by atoms with Crippen molar-refractivity contribution in [3.8, 4) is 34.2 Å². The first-order valence-electron chi connectivity index (χ1n) is 18.5. The van der Waals surface area contributed by atoms with Crippen molar-refractivity contribution >= 4 is 51.2 Å². The second-order valence-corrected chi connectivity index (χ2v) is 13.8. The lowest BCUT2D eigenvalue weighted by Crippen LogP contribution is -2.52. The maximum Gasteiger partial charge on any atom is 0.269 e. The van der Waals surface area contributed by atoms with Gasteiger partial charge in [0.2, 0.25) is 11.8 Å². The van der Waals surface area contributed by atoms with Crippen LogP contribution in [0.5, 0.6) is 0 Å². The Kier molecular flexibility index (Phi) is 9.58. The van der Waals surface area contributed by atoms with Crippen molar-refractivity contribution in [1.29, 1.82) is 0 Å². The van der Waals surface area contributed by atoms with Crippen molar-refractivity contribution < 1.29 is 24.0 Å². The molecule has 0 spiro atoms. The van der Waals surface area contributed by atoms with Crippen LogP contribution in [0.15, 0.2) is 85.3 Å². The fourth-order valence-electron chi connectivity index (χ4n) is 7.51. The van der Waals surface area contributed by atoms with Gasteiger partial charge in [0.25, 0.3) is 17.7 Å². The fraction of sp³-hybridized carbons (Fsp3) is 0.205. The van der Waals surface area contributed by atoms with Crippen LogP contribution in [0.4, 0.5) is 0 Å². The Hall–Kier alpha value is -7.13. The second kappa shape index (κ2) is 14.9. The molecule has 12 nitrogen and oxygen atoms in total. The molecule has 1 unspecified atom stereocenters. The first-order valence-corrected chi connectivity index (χ1v) is 18.5. The summed E-state index contributed by atoms with van der Waals surface area (Å²) < 4.78 is 0. The number of fused-ring (bicyclic) bond motifs is 3. The van der Waals surface area contributed by atoms with Crippen LogP contribution < -0.4 is 16.0 Å². The summed E-state index contributed by atoms with van der Waals surface area (Å²) in [7, 11) is 1.63. The van der Waals surface area contributed by atoms with E-state index in [0.29, 0.717) is 36.1 Å². The molecule has 56 heavy (non-hydrogen) atoms. The smallest absolute Gasteiger partial charge is 0.269 e. The molecule has 0 saturated carbocycles.